The molecule has 52 heavy (non-hydrogen) atoms. The number of unbranched alkanes of at least 4 members (excludes halogenated alkanes) is 4. The van der Waals surface area contributed by atoms with Gasteiger partial charge >= 0.3 is 6.03 Å². The van der Waals surface area contributed by atoms with E-state index >= 15 is 0 Å². The van der Waals surface area contributed by atoms with Crippen molar-refractivity contribution in [3.63, 3.8) is 0 Å². The molecule has 0 bridgehead atoms. The van der Waals surface area contributed by atoms with Crippen LogP contribution in [0.2, 0.25) is 0 Å². The smallest absolute Gasteiger partial charge is 0.316 e. The van der Waals surface area contributed by atoms with Crippen molar-refractivity contribution in [2.45, 2.75) is 165 Å². The molecule has 0 spiro atoms. The summed E-state index contributed by atoms with van der Waals surface area (Å²) >= 11 is 0. The molecule has 4 aliphatic rings. The van der Waals surface area contributed by atoms with Gasteiger partial charge in [-0.25, -0.2) is 13.2 Å². The van der Waals surface area contributed by atoms with Crippen LogP contribution in [0.1, 0.15) is 125 Å². The number of hydrogen-bond donors (Lipinski definition) is 5. The lowest BCUT2D eigenvalue weighted by Gasteiger charge is -2.44. The number of ketones is 1. The summed E-state index contributed by atoms with van der Waals surface area (Å²) in [5.41, 5.74) is 5.04. The van der Waals surface area contributed by atoms with Crippen LogP contribution in [0.5, 0.6) is 0 Å². The normalized spacial score (nSPS) is 25.2. The molecule has 0 radical (unpaired) electrons. The van der Waals surface area contributed by atoms with E-state index in [1.165, 1.54) is 4.90 Å². The van der Waals surface area contributed by atoms with Crippen LogP contribution in [-0.2, 0) is 33.8 Å². The van der Waals surface area contributed by atoms with Gasteiger partial charge in [0.2, 0.25) is 11.7 Å². The summed E-state index contributed by atoms with van der Waals surface area (Å²) in [4.78, 5) is 68.9. The number of carbonyl (C=O) groups excluding carboxylic acids is 5. The average molecular weight is 753 g/mol. The molecule has 14 nitrogen and oxygen atoms in total. The zero-order valence-electron chi connectivity index (χ0n) is 32.3. The SMILES string of the molecule is COCCCCCCC[C@H](NC(=O)[C@@H]1[C@@H]2[C@H](CN1C(=O)[C@H](N)NC(=O)NC1([C@@H](C)S(=O)(=O)C(C)(C)C)CCCCC1)C2(C)C)C(=O)C(=O)NC1CC1. The molecule has 6 N–H and O–H groups in total. The second-order valence-electron chi connectivity index (χ2n) is 17.2. The largest absolute Gasteiger partial charge is 0.385 e. The van der Waals surface area contributed by atoms with Crippen molar-refractivity contribution in [2.75, 3.05) is 20.3 Å². The second-order valence-corrected chi connectivity index (χ2v) is 20.2. The molecule has 1 saturated heterocycles. The Morgan fingerprint density at radius 2 is 1.56 bits per heavy atom. The minimum atomic E-state index is -3.65. The first kappa shape index (κ1) is 42.0. The number of urea groups is 1. The predicted octanol–water partition coefficient (Wildman–Crippen LogP) is 2.68. The Bertz CT molecular complexity index is 1440. The summed E-state index contributed by atoms with van der Waals surface area (Å²) in [5.74, 6) is -2.77. The van der Waals surface area contributed by atoms with E-state index in [0.717, 1.165) is 57.8 Å². The molecule has 1 aliphatic heterocycles. The third kappa shape index (κ3) is 9.47. The molecule has 6 atom stereocenters. The molecule has 1 heterocycles. The van der Waals surface area contributed by atoms with Crippen LogP contribution in [0.4, 0.5) is 4.79 Å². The number of nitrogens with two attached hydrogens (primary N) is 1. The molecule has 296 valence electrons. The van der Waals surface area contributed by atoms with Crippen LogP contribution < -0.4 is 27.0 Å². The van der Waals surface area contributed by atoms with Gasteiger partial charge in [0.15, 0.2) is 16.0 Å². The number of Topliss-reactive ketones (excluding diaryl/α,β-unsaturated/α-hetero) is 1. The van der Waals surface area contributed by atoms with E-state index in [2.05, 4.69) is 21.3 Å². The molecular formula is C37H64N6O8S. The van der Waals surface area contributed by atoms with E-state index in [-0.39, 0.29) is 36.3 Å². The zero-order chi connectivity index (χ0) is 38.6. The lowest BCUT2D eigenvalue weighted by Crippen LogP contribution is -2.66. The Balaban J connectivity index is 1.44. The summed E-state index contributed by atoms with van der Waals surface area (Å²) in [6.45, 7) is 11.6. The molecule has 4 rings (SSSR count). The number of methoxy groups -OCH3 is 1. The third-order valence-electron chi connectivity index (χ3n) is 12.1. The van der Waals surface area contributed by atoms with Gasteiger partial charge in [0.1, 0.15) is 6.04 Å². The molecule has 0 aromatic carbocycles. The Labute approximate surface area is 310 Å². The maximum Gasteiger partial charge on any atom is 0.316 e. The van der Waals surface area contributed by atoms with Gasteiger partial charge in [-0.05, 0) is 83.5 Å². The van der Waals surface area contributed by atoms with Gasteiger partial charge in [-0.3, -0.25) is 19.2 Å². The highest BCUT2D eigenvalue weighted by Gasteiger charge is 2.69. The van der Waals surface area contributed by atoms with Crippen molar-refractivity contribution >= 4 is 39.4 Å². The van der Waals surface area contributed by atoms with Crippen molar-refractivity contribution < 1.29 is 37.1 Å². The first-order valence-electron chi connectivity index (χ1n) is 19.3. The monoisotopic (exact) mass is 752 g/mol. The predicted molar refractivity (Wildman–Crippen MR) is 198 cm³/mol. The highest BCUT2D eigenvalue weighted by atomic mass is 32.2. The summed E-state index contributed by atoms with van der Waals surface area (Å²) in [5, 5.41) is 10.1. The van der Waals surface area contributed by atoms with E-state index in [9.17, 15) is 32.4 Å². The van der Waals surface area contributed by atoms with Crippen LogP contribution in [0.25, 0.3) is 0 Å². The number of fused-ring (bicyclic) bond motifs is 1. The average Bonchev–Trinajstić information content (AvgIpc) is 3.93. The molecule has 5 amide bonds. The Hall–Kier alpha value is -2.78. The van der Waals surface area contributed by atoms with E-state index in [0.29, 0.717) is 25.9 Å². The van der Waals surface area contributed by atoms with Crippen molar-refractivity contribution in [2.24, 2.45) is 23.0 Å². The quantitative estimate of drug-likeness (QED) is 0.0792. The maximum atomic E-state index is 14.1. The molecular weight excluding hydrogens is 689 g/mol. The van der Waals surface area contributed by atoms with E-state index in [4.69, 9.17) is 10.5 Å². The number of nitrogens with one attached hydrogen (secondary N) is 4. The molecule has 0 aromatic rings. The fourth-order valence-electron chi connectivity index (χ4n) is 8.39. The number of ether oxygens (including phenoxy) is 1. The molecule has 15 heteroatoms. The number of hydrogen-bond acceptors (Lipinski definition) is 9. The van der Waals surface area contributed by atoms with Crippen molar-refractivity contribution in [1.29, 1.82) is 0 Å². The minimum absolute atomic E-state index is 0.0154. The van der Waals surface area contributed by atoms with Crippen LogP contribution in [-0.4, -0.2) is 103 Å². The highest BCUT2D eigenvalue weighted by Crippen LogP contribution is 2.64. The van der Waals surface area contributed by atoms with Crippen LogP contribution in [0.15, 0.2) is 0 Å². The number of piperidine rings is 1. The van der Waals surface area contributed by atoms with Gasteiger partial charge < -0.3 is 36.6 Å². The third-order valence-corrected chi connectivity index (χ3v) is 15.2. The number of nitrogens with zero attached hydrogens (tertiary/aromatic N) is 1. The summed E-state index contributed by atoms with van der Waals surface area (Å²) in [6.07, 6.45) is 8.07. The Kier molecular flexibility index (Phi) is 13.5. The fourth-order valence-corrected chi connectivity index (χ4v) is 10.3. The van der Waals surface area contributed by atoms with Crippen molar-refractivity contribution in [1.82, 2.24) is 26.2 Å². The van der Waals surface area contributed by atoms with Crippen LogP contribution in [0, 0.1) is 17.3 Å². The number of likely N-dealkylation sites (tertiary alicyclic amines) is 1. The molecule has 0 unspecified atom stereocenters. The number of amides is 5. The van der Waals surface area contributed by atoms with Gasteiger partial charge in [-0.2, -0.15) is 0 Å². The summed E-state index contributed by atoms with van der Waals surface area (Å²) in [6, 6.07) is -2.76. The van der Waals surface area contributed by atoms with Crippen LogP contribution in [0.3, 0.4) is 0 Å². The first-order valence-corrected chi connectivity index (χ1v) is 20.9. The van der Waals surface area contributed by atoms with E-state index < -0.39 is 73.2 Å². The van der Waals surface area contributed by atoms with E-state index in [1.54, 1.807) is 34.8 Å². The summed E-state index contributed by atoms with van der Waals surface area (Å²) < 4.78 is 31.1. The molecule has 3 saturated carbocycles. The zero-order valence-corrected chi connectivity index (χ0v) is 33.2. The Morgan fingerprint density at radius 3 is 2.15 bits per heavy atom. The first-order chi connectivity index (χ1) is 24.3. The van der Waals surface area contributed by atoms with Crippen molar-refractivity contribution in [3.05, 3.63) is 0 Å². The molecule has 0 aromatic heterocycles. The highest BCUT2D eigenvalue weighted by molar-refractivity contribution is 7.93. The lowest BCUT2D eigenvalue weighted by atomic mass is 9.79. The fraction of sp³-hybridized carbons (Fsp3) is 0.865. The van der Waals surface area contributed by atoms with Gasteiger partial charge in [-0.1, -0.05) is 58.8 Å². The number of carbonyl (C=O) groups is 5. The number of rotatable bonds is 18. The standard InChI is InChI=1S/C37H64N6O8S/c1-23(52(49,50)35(2,3)4)37(19-13-11-14-20-37)42-34(48)41-30(38)33(47)43-22-25-27(36(25,5)6)28(43)31(45)40-26(16-12-9-8-10-15-21-51-7)29(44)32(46)39-24-17-18-24/h23-28,30H,8-22,38H2,1-7H3,(H,39,46)(H,40,45)(H2,41,42,48)/t23-,25+,26+,27+,28+,30-/m1/s1. The molecule has 4 fully saturated rings. The Morgan fingerprint density at radius 1 is 0.942 bits per heavy atom. The maximum absolute atomic E-state index is 14.1. The van der Waals surface area contributed by atoms with Crippen LogP contribution >= 0.6 is 0 Å². The molecule has 3 aliphatic carbocycles. The number of sulfone groups is 1. The topological polar surface area (TPSA) is 206 Å². The second kappa shape index (κ2) is 16.7. The van der Waals surface area contributed by atoms with Gasteiger partial charge in [0.05, 0.1) is 21.6 Å². The minimum Gasteiger partial charge on any atom is -0.385 e. The van der Waals surface area contributed by atoms with Gasteiger partial charge in [0.25, 0.3) is 11.8 Å². The lowest BCUT2D eigenvalue weighted by molar-refractivity contribution is -0.144. The van der Waals surface area contributed by atoms with E-state index in [1.807, 2.05) is 13.8 Å². The van der Waals surface area contributed by atoms with Gasteiger partial charge in [0, 0.05) is 26.3 Å². The summed E-state index contributed by atoms with van der Waals surface area (Å²) in [7, 11) is -1.99. The van der Waals surface area contributed by atoms with Gasteiger partial charge in [-0.15, -0.1) is 0 Å². The van der Waals surface area contributed by atoms with Crippen molar-refractivity contribution in [3.8, 4) is 0 Å².